The molecule has 1 aromatic carbocycles. The van der Waals surface area contributed by atoms with Crippen LogP contribution in [0.15, 0.2) is 42.6 Å². The molecule has 6 heteroatoms. The van der Waals surface area contributed by atoms with E-state index in [1.165, 1.54) is 0 Å². The van der Waals surface area contributed by atoms with E-state index in [9.17, 15) is 4.79 Å². The molecule has 0 spiro atoms. The van der Waals surface area contributed by atoms with Crippen LogP contribution in [0.2, 0.25) is 5.02 Å². The molecule has 1 aliphatic carbocycles. The van der Waals surface area contributed by atoms with Crippen LogP contribution in [-0.4, -0.2) is 37.2 Å². The van der Waals surface area contributed by atoms with Crippen LogP contribution in [0.4, 0.5) is 11.5 Å². The highest BCUT2D eigenvalue weighted by Gasteiger charge is 2.45. The zero-order valence-corrected chi connectivity index (χ0v) is 15.3. The Bertz CT molecular complexity index is 767. The maximum Gasteiger partial charge on any atom is 0.235 e. The van der Waals surface area contributed by atoms with Gasteiger partial charge in [0.15, 0.2) is 0 Å². The van der Waals surface area contributed by atoms with Crippen LogP contribution in [0, 0.1) is 0 Å². The predicted octanol–water partition coefficient (Wildman–Crippen LogP) is 3.63. The highest BCUT2D eigenvalue weighted by atomic mass is 35.5. The summed E-state index contributed by atoms with van der Waals surface area (Å²) >= 11 is 5.99. The van der Waals surface area contributed by atoms with Gasteiger partial charge in [0.25, 0.3) is 0 Å². The lowest BCUT2D eigenvalue weighted by atomic mass is 9.64. The summed E-state index contributed by atoms with van der Waals surface area (Å²) in [6.07, 6.45) is 4.51. The van der Waals surface area contributed by atoms with Gasteiger partial charge in [-0.25, -0.2) is 4.98 Å². The summed E-state index contributed by atoms with van der Waals surface area (Å²) in [5.41, 5.74) is 1.31. The molecule has 1 aromatic heterocycles. The number of nitrogens with one attached hydrogen (secondary N) is 1. The first-order chi connectivity index (χ1) is 12.7. The molecule has 0 radical (unpaired) electrons. The molecule has 2 aromatic rings. The molecular weight excluding hydrogens is 350 g/mol. The second-order valence-electron chi connectivity index (χ2n) is 6.90. The van der Waals surface area contributed by atoms with E-state index in [-0.39, 0.29) is 5.91 Å². The number of benzene rings is 1. The standard InChI is InChI=1S/C20H22ClN3O2/c21-16-4-2-15(3-5-16)20(8-1-9-20)19(25)23-17-6-7-18(22-14-17)24-10-12-26-13-11-24/h2-7,14H,1,8-13H2,(H,23,25). The number of amides is 1. The van der Waals surface area contributed by atoms with Crippen molar-refractivity contribution in [2.75, 3.05) is 36.5 Å². The molecule has 4 rings (SSSR count). The molecule has 2 fully saturated rings. The Morgan fingerprint density at radius 1 is 1.12 bits per heavy atom. The van der Waals surface area contributed by atoms with E-state index in [0.29, 0.717) is 5.02 Å². The Kier molecular flexibility index (Phi) is 4.83. The van der Waals surface area contributed by atoms with E-state index in [1.54, 1.807) is 6.20 Å². The number of halogens is 1. The number of anilines is 2. The van der Waals surface area contributed by atoms with Crippen molar-refractivity contribution in [3.05, 3.63) is 53.2 Å². The second kappa shape index (κ2) is 7.25. The van der Waals surface area contributed by atoms with Gasteiger partial charge >= 0.3 is 0 Å². The fraction of sp³-hybridized carbons (Fsp3) is 0.400. The van der Waals surface area contributed by atoms with Crippen molar-refractivity contribution in [1.29, 1.82) is 0 Å². The van der Waals surface area contributed by atoms with Gasteiger partial charge in [0.05, 0.1) is 30.5 Å². The molecule has 2 heterocycles. The van der Waals surface area contributed by atoms with E-state index in [1.807, 2.05) is 36.4 Å². The predicted molar refractivity (Wildman–Crippen MR) is 103 cm³/mol. The van der Waals surface area contributed by atoms with Gasteiger partial charge in [0.1, 0.15) is 5.82 Å². The summed E-state index contributed by atoms with van der Waals surface area (Å²) in [6, 6.07) is 11.5. The molecule has 0 atom stereocenters. The van der Waals surface area contributed by atoms with Gasteiger partial charge in [-0.15, -0.1) is 0 Å². The van der Waals surface area contributed by atoms with Crippen LogP contribution >= 0.6 is 11.6 Å². The Morgan fingerprint density at radius 2 is 1.85 bits per heavy atom. The zero-order valence-electron chi connectivity index (χ0n) is 14.6. The first-order valence-corrected chi connectivity index (χ1v) is 9.41. The lowest BCUT2D eigenvalue weighted by Gasteiger charge is -2.40. The molecule has 1 aliphatic heterocycles. The number of carbonyl (C=O) groups excluding carboxylic acids is 1. The summed E-state index contributed by atoms with van der Waals surface area (Å²) in [7, 11) is 0. The van der Waals surface area contributed by atoms with Crippen molar-refractivity contribution in [2.24, 2.45) is 0 Å². The number of hydrogen-bond acceptors (Lipinski definition) is 4. The lowest BCUT2D eigenvalue weighted by molar-refractivity contribution is -0.124. The molecule has 1 amide bonds. The first kappa shape index (κ1) is 17.3. The topological polar surface area (TPSA) is 54.5 Å². The second-order valence-corrected chi connectivity index (χ2v) is 7.34. The maximum atomic E-state index is 13.0. The van der Waals surface area contributed by atoms with Gasteiger partial charge in [-0.3, -0.25) is 4.79 Å². The van der Waals surface area contributed by atoms with Crippen LogP contribution in [0.1, 0.15) is 24.8 Å². The quantitative estimate of drug-likeness (QED) is 0.891. The summed E-state index contributed by atoms with van der Waals surface area (Å²) < 4.78 is 5.37. The molecule has 1 N–H and O–H groups in total. The highest BCUT2D eigenvalue weighted by molar-refractivity contribution is 6.30. The van der Waals surface area contributed by atoms with Gasteiger partial charge < -0.3 is 15.0 Å². The fourth-order valence-electron chi connectivity index (χ4n) is 3.64. The van der Waals surface area contributed by atoms with E-state index in [4.69, 9.17) is 16.3 Å². The van der Waals surface area contributed by atoms with Crippen LogP contribution < -0.4 is 10.2 Å². The van der Waals surface area contributed by atoms with Crippen molar-refractivity contribution < 1.29 is 9.53 Å². The summed E-state index contributed by atoms with van der Waals surface area (Å²) in [6.45, 7) is 3.14. The number of ether oxygens (including phenoxy) is 1. The van der Waals surface area contributed by atoms with Crippen molar-refractivity contribution in [1.82, 2.24) is 4.98 Å². The summed E-state index contributed by atoms with van der Waals surface area (Å²) in [5, 5.41) is 3.74. The van der Waals surface area contributed by atoms with Crippen molar-refractivity contribution in [2.45, 2.75) is 24.7 Å². The average molecular weight is 372 g/mol. The fourth-order valence-corrected chi connectivity index (χ4v) is 3.76. The van der Waals surface area contributed by atoms with Crippen LogP contribution in [0.5, 0.6) is 0 Å². The van der Waals surface area contributed by atoms with Gasteiger partial charge in [-0.2, -0.15) is 0 Å². The molecule has 0 bridgehead atoms. The smallest absolute Gasteiger partial charge is 0.235 e. The number of rotatable bonds is 4. The summed E-state index contributed by atoms with van der Waals surface area (Å²) in [5.74, 6) is 0.953. The number of nitrogens with zero attached hydrogens (tertiary/aromatic N) is 2. The van der Waals surface area contributed by atoms with Gasteiger partial charge in [-0.05, 0) is 42.7 Å². The Hall–Kier alpha value is -2.11. The first-order valence-electron chi connectivity index (χ1n) is 9.04. The monoisotopic (exact) mass is 371 g/mol. The van der Waals surface area contributed by atoms with E-state index < -0.39 is 5.41 Å². The minimum absolute atomic E-state index is 0.0343. The average Bonchev–Trinajstić information content (AvgIpc) is 2.64. The lowest BCUT2D eigenvalue weighted by Crippen LogP contribution is -2.46. The molecule has 26 heavy (non-hydrogen) atoms. The molecule has 0 unspecified atom stereocenters. The van der Waals surface area contributed by atoms with E-state index in [2.05, 4.69) is 15.2 Å². The molecular formula is C20H22ClN3O2. The SMILES string of the molecule is O=C(Nc1ccc(N2CCOCC2)nc1)C1(c2ccc(Cl)cc2)CCC1. The van der Waals surface area contributed by atoms with Crippen LogP contribution in [0.3, 0.4) is 0 Å². The number of pyridine rings is 1. The highest BCUT2D eigenvalue weighted by Crippen LogP contribution is 2.44. The number of aromatic nitrogens is 1. The maximum absolute atomic E-state index is 13.0. The zero-order chi connectivity index (χ0) is 18.0. The third-order valence-electron chi connectivity index (χ3n) is 5.38. The minimum atomic E-state index is -0.451. The Morgan fingerprint density at radius 3 is 2.42 bits per heavy atom. The van der Waals surface area contributed by atoms with Gasteiger partial charge in [0, 0.05) is 18.1 Å². The molecule has 1 saturated heterocycles. The number of morpholine rings is 1. The Labute approximate surface area is 158 Å². The Balaban J connectivity index is 1.47. The van der Waals surface area contributed by atoms with E-state index >= 15 is 0 Å². The van der Waals surface area contributed by atoms with Gasteiger partial charge in [-0.1, -0.05) is 30.2 Å². The third-order valence-corrected chi connectivity index (χ3v) is 5.63. The van der Waals surface area contributed by atoms with Crippen molar-refractivity contribution >= 4 is 29.0 Å². The third kappa shape index (κ3) is 3.29. The summed E-state index contributed by atoms with van der Waals surface area (Å²) in [4.78, 5) is 19.7. The minimum Gasteiger partial charge on any atom is -0.378 e. The van der Waals surface area contributed by atoms with Crippen molar-refractivity contribution in [3.63, 3.8) is 0 Å². The normalized spacial score (nSPS) is 18.9. The molecule has 136 valence electrons. The molecule has 2 aliphatic rings. The molecule has 1 saturated carbocycles. The largest absolute Gasteiger partial charge is 0.378 e. The van der Waals surface area contributed by atoms with Crippen LogP contribution in [0.25, 0.3) is 0 Å². The molecule has 5 nitrogen and oxygen atoms in total. The van der Waals surface area contributed by atoms with E-state index in [0.717, 1.165) is 62.6 Å². The number of hydrogen-bond donors (Lipinski definition) is 1. The van der Waals surface area contributed by atoms with Gasteiger partial charge in [0.2, 0.25) is 5.91 Å². The number of carbonyl (C=O) groups is 1. The van der Waals surface area contributed by atoms with Crippen molar-refractivity contribution in [3.8, 4) is 0 Å². The van der Waals surface area contributed by atoms with Crippen LogP contribution in [-0.2, 0) is 14.9 Å².